The molecule has 3 nitrogen and oxygen atoms in total. The number of rotatable bonds is 0. The Morgan fingerprint density at radius 2 is 1.39 bits per heavy atom. The lowest BCUT2D eigenvalue weighted by atomic mass is 9.71. The van der Waals surface area contributed by atoms with Crippen molar-refractivity contribution >= 4 is 11.7 Å². The summed E-state index contributed by atoms with van der Waals surface area (Å²) in [6.45, 7) is 13.9. The molecular weight excluding hydrogens is 226 g/mol. The van der Waals surface area contributed by atoms with Crippen LogP contribution in [0.4, 0.5) is 0 Å². The number of hydrogen-bond donors (Lipinski definition) is 0. The Morgan fingerprint density at radius 1 is 0.944 bits per heavy atom. The molecule has 1 heterocycles. The van der Waals surface area contributed by atoms with Gasteiger partial charge in [-0.05, 0) is 12.3 Å². The minimum atomic E-state index is -0.560. The van der Waals surface area contributed by atoms with E-state index in [0.29, 0.717) is 0 Å². The molecule has 0 saturated heterocycles. The molecule has 102 valence electrons. The molecule has 0 bridgehead atoms. The number of amides is 1. The predicted octanol–water partition coefficient (Wildman–Crippen LogP) is 3.01. The summed E-state index contributed by atoms with van der Waals surface area (Å²) in [7, 11) is 1.78. The van der Waals surface area contributed by atoms with Gasteiger partial charge >= 0.3 is 0 Å². The van der Waals surface area contributed by atoms with Crippen LogP contribution in [0.2, 0.25) is 0 Å². The number of allylic oxidation sites excluding steroid dienone is 2. The molecule has 0 fully saturated rings. The van der Waals surface area contributed by atoms with Crippen LogP contribution in [0.3, 0.4) is 0 Å². The van der Waals surface area contributed by atoms with Crippen LogP contribution in [0.1, 0.15) is 48.5 Å². The molecule has 0 aromatic carbocycles. The number of carbonyl (C=O) groups is 2. The van der Waals surface area contributed by atoms with Crippen LogP contribution in [-0.4, -0.2) is 23.6 Å². The molecule has 1 aliphatic heterocycles. The zero-order valence-electron chi connectivity index (χ0n) is 12.8. The molecule has 1 amide bonds. The van der Waals surface area contributed by atoms with E-state index in [-0.39, 0.29) is 22.5 Å². The van der Waals surface area contributed by atoms with Crippen LogP contribution in [-0.2, 0) is 9.59 Å². The van der Waals surface area contributed by atoms with Crippen molar-refractivity contribution in [1.82, 2.24) is 4.90 Å². The Kier molecular flexibility index (Phi) is 3.50. The van der Waals surface area contributed by atoms with E-state index in [1.807, 2.05) is 41.5 Å². The summed E-state index contributed by atoms with van der Waals surface area (Å²) < 4.78 is 0. The SMILES string of the molecule is CC1C(=O)C(C(C)(C)C)=C(C(C)(C)C)N(C)C1=O. The highest BCUT2D eigenvalue weighted by Gasteiger charge is 2.44. The smallest absolute Gasteiger partial charge is 0.237 e. The van der Waals surface area contributed by atoms with Crippen molar-refractivity contribution in [2.45, 2.75) is 48.5 Å². The van der Waals surface area contributed by atoms with Crippen LogP contribution in [0.15, 0.2) is 11.3 Å². The second-order valence-corrected chi connectivity index (χ2v) is 7.21. The molecule has 0 radical (unpaired) electrons. The predicted molar refractivity (Wildman–Crippen MR) is 72.9 cm³/mol. The van der Waals surface area contributed by atoms with Crippen molar-refractivity contribution in [2.75, 3.05) is 7.05 Å². The lowest BCUT2D eigenvalue weighted by Crippen LogP contribution is -2.47. The first-order valence-electron chi connectivity index (χ1n) is 6.46. The molecule has 0 aromatic rings. The van der Waals surface area contributed by atoms with Gasteiger partial charge in [0.1, 0.15) is 0 Å². The van der Waals surface area contributed by atoms with Crippen LogP contribution in [0.25, 0.3) is 0 Å². The van der Waals surface area contributed by atoms with E-state index in [1.54, 1.807) is 18.9 Å². The van der Waals surface area contributed by atoms with Gasteiger partial charge in [0, 0.05) is 23.7 Å². The number of carbonyl (C=O) groups excluding carboxylic acids is 2. The molecular formula is C15H25NO2. The average Bonchev–Trinajstić information content (AvgIpc) is 2.16. The number of Topliss-reactive ketones (excluding diaryl/α,β-unsaturated/α-hetero) is 1. The molecule has 18 heavy (non-hydrogen) atoms. The summed E-state index contributed by atoms with van der Waals surface area (Å²) in [6, 6.07) is 0. The molecule has 0 saturated carbocycles. The van der Waals surface area contributed by atoms with Crippen molar-refractivity contribution in [3.05, 3.63) is 11.3 Å². The van der Waals surface area contributed by atoms with Gasteiger partial charge in [0.05, 0.1) is 5.92 Å². The van der Waals surface area contributed by atoms with Gasteiger partial charge in [-0.15, -0.1) is 0 Å². The van der Waals surface area contributed by atoms with Crippen molar-refractivity contribution in [1.29, 1.82) is 0 Å². The highest BCUT2D eigenvalue weighted by molar-refractivity contribution is 6.13. The van der Waals surface area contributed by atoms with Crippen LogP contribution in [0, 0.1) is 16.7 Å². The molecule has 0 spiro atoms. The van der Waals surface area contributed by atoms with E-state index in [2.05, 4.69) is 0 Å². The Morgan fingerprint density at radius 3 is 1.72 bits per heavy atom. The van der Waals surface area contributed by atoms with Gasteiger partial charge in [0.15, 0.2) is 5.78 Å². The van der Waals surface area contributed by atoms with E-state index in [9.17, 15) is 9.59 Å². The second kappa shape index (κ2) is 4.22. The summed E-state index contributed by atoms with van der Waals surface area (Å²) in [5.41, 5.74) is 1.19. The largest absolute Gasteiger partial charge is 0.318 e. The Labute approximate surface area is 110 Å². The van der Waals surface area contributed by atoms with E-state index >= 15 is 0 Å². The van der Waals surface area contributed by atoms with Crippen LogP contribution in [0.5, 0.6) is 0 Å². The highest BCUT2D eigenvalue weighted by atomic mass is 16.2. The van der Waals surface area contributed by atoms with Gasteiger partial charge in [-0.3, -0.25) is 9.59 Å². The van der Waals surface area contributed by atoms with E-state index in [1.165, 1.54) is 0 Å². The maximum atomic E-state index is 12.5. The number of nitrogens with zero attached hydrogens (tertiary/aromatic N) is 1. The first kappa shape index (κ1) is 14.9. The van der Waals surface area contributed by atoms with Crippen LogP contribution < -0.4 is 0 Å². The van der Waals surface area contributed by atoms with Gasteiger partial charge in [-0.25, -0.2) is 0 Å². The number of ketones is 1. The van der Waals surface area contributed by atoms with Crippen LogP contribution >= 0.6 is 0 Å². The molecule has 0 N–H and O–H groups in total. The summed E-state index contributed by atoms with van der Waals surface area (Å²) >= 11 is 0. The van der Waals surface area contributed by atoms with Gasteiger partial charge in [0.25, 0.3) is 0 Å². The molecule has 3 heteroatoms. The fraction of sp³-hybridized carbons (Fsp3) is 0.733. The monoisotopic (exact) mass is 251 g/mol. The maximum absolute atomic E-state index is 12.5. The van der Waals surface area contributed by atoms with Crippen molar-refractivity contribution in [3.63, 3.8) is 0 Å². The topological polar surface area (TPSA) is 37.4 Å². The van der Waals surface area contributed by atoms with Gasteiger partial charge in [0.2, 0.25) is 5.91 Å². The first-order chi connectivity index (χ1) is 7.89. The van der Waals surface area contributed by atoms with E-state index in [0.717, 1.165) is 11.3 Å². The fourth-order valence-electron chi connectivity index (χ4n) is 2.62. The standard InChI is InChI=1S/C15H25NO2/c1-9-11(17)10(14(2,3)4)12(15(5,6)7)16(8)13(9)18/h9H,1-8H3. The number of hydrogen-bond acceptors (Lipinski definition) is 2. The normalized spacial score (nSPS) is 22.9. The summed E-state index contributed by atoms with van der Waals surface area (Å²) in [5, 5.41) is 0. The first-order valence-corrected chi connectivity index (χ1v) is 6.46. The van der Waals surface area contributed by atoms with Crippen molar-refractivity contribution in [3.8, 4) is 0 Å². The third-order valence-corrected chi connectivity index (χ3v) is 3.37. The lowest BCUT2D eigenvalue weighted by molar-refractivity contribution is -0.140. The van der Waals surface area contributed by atoms with Gasteiger partial charge < -0.3 is 4.90 Å². The molecule has 1 rings (SSSR count). The Bertz CT molecular complexity index is 419. The Hall–Kier alpha value is -1.12. The lowest BCUT2D eigenvalue weighted by Gasteiger charge is -2.42. The van der Waals surface area contributed by atoms with Crippen molar-refractivity contribution in [2.24, 2.45) is 16.7 Å². The minimum absolute atomic E-state index is 0.0180. The van der Waals surface area contributed by atoms with E-state index in [4.69, 9.17) is 0 Å². The zero-order chi connectivity index (χ0) is 14.5. The van der Waals surface area contributed by atoms with Gasteiger partial charge in [-0.1, -0.05) is 41.5 Å². The zero-order valence-corrected chi connectivity index (χ0v) is 12.8. The summed E-state index contributed by atoms with van der Waals surface area (Å²) in [4.78, 5) is 26.3. The summed E-state index contributed by atoms with van der Waals surface area (Å²) in [6.07, 6.45) is 0. The van der Waals surface area contributed by atoms with Gasteiger partial charge in [-0.2, -0.15) is 0 Å². The Balaban J connectivity index is 3.62. The molecule has 1 unspecified atom stereocenters. The average molecular weight is 251 g/mol. The molecule has 1 aliphatic rings. The van der Waals surface area contributed by atoms with E-state index < -0.39 is 5.92 Å². The minimum Gasteiger partial charge on any atom is -0.318 e. The quantitative estimate of drug-likeness (QED) is 0.621. The molecule has 1 atom stereocenters. The molecule has 0 aromatic heterocycles. The summed E-state index contributed by atoms with van der Waals surface area (Å²) in [5.74, 6) is -0.677. The second-order valence-electron chi connectivity index (χ2n) is 7.21. The van der Waals surface area contributed by atoms with Crippen molar-refractivity contribution < 1.29 is 9.59 Å². The third-order valence-electron chi connectivity index (χ3n) is 3.37. The third kappa shape index (κ3) is 2.36. The fourth-order valence-corrected chi connectivity index (χ4v) is 2.62. The highest BCUT2D eigenvalue weighted by Crippen LogP contribution is 2.42. The molecule has 0 aliphatic carbocycles. The maximum Gasteiger partial charge on any atom is 0.237 e.